The van der Waals surface area contributed by atoms with Crippen molar-refractivity contribution in [1.29, 1.82) is 0 Å². The highest BCUT2D eigenvalue weighted by atomic mass is 35.5. The van der Waals surface area contributed by atoms with E-state index >= 15 is 0 Å². The van der Waals surface area contributed by atoms with Crippen molar-refractivity contribution in [2.45, 2.75) is 4.90 Å². The second-order valence-electron chi connectivity index (χ2n) is 5.94. The molecule has 0 unspecified atom stereocenters. The lowest BCUT2D eigenvalue weighted by Crippen LogP contribution is -2.25. The molecule has 1 amide bonds. The summed E-state index contributed by atoms with van der Waals surface area (Å²) in [5.41, 5.74) is 2.14. The van der Waals surface area contributed by atoms with Crippen LogP contribution in [0.5, 0.6) is 5.75 Å². The van der Waals surface area contributed by atoms with Crippen molar-refractivity contribution in [3.8, 4) is 16.9 Å². The fraction of sp³-hybridized carbons (Fsp3) is 0.0952. The van der Waals surface area contributed by atoms with E-state index in [2.05, 4.69) is 10.0 Å². The summed E-state index contributed by atoms with van der Waals surface area (Å²) in [4.78, 5) is 12.0. The predicted octanol–water partition coefficient (Wildman–Crippen LogP) is 6.04. The molecule has 0 saturated heterocycles. The molecule has 2 N–H and O–H groups in total. The van der Waals surface area contributed by atoms with Crippen LogP contribution in [0.15, 0.2) is 65.6 Å². The lowest BCUT2D eigenvalue weighted by atomic mass is 10.1. The number of halogens is 3. The largest absolute Gasteiger partial charge is 0.481 e. The number of nitrogens with one attached hydrogen (secondary N) is 2. The van der Waals surface area contributed by atoms with Crippen molar-refractivity contribution in [2.24, 2.45) is 0 Å². The summed E-state index contributed by atoms with van der Waals surface area (Å²) in [5, 5.41) is 3.12. The Hall–Kier alpha value is -2.41. The smallest absolute Gasteiger partial charge is 0.257 e. The molecule has 0 heterocycles. The van der Waals surface area contributed by atoms with E-state index in [1.54, 1.807) is 18.2 Å². The molecular weight excluding hydrogens is 434 g/mol. The monoisotopic (exact) mass is 450 g/mol. The minimum atomic E-state index is -0.405. The number of anilines is 1. The quantitative estimate of drug-likeness (QED) is 0.430. The van der Waals surface area contributed by atoms with Crippen LogP contribution in [-0.2, 0) is 4.79 Å². The van der Waals surface area contributed by atoms with E-state index in [-0.39, 0.29) is 23.3 Å². The molecule has 0 spiro atoms. The Labute approximate surface area is 182 Å². The lowest BCUT2D eigenvalue weighted by Gasteiger charge is -2.14. The first-order chi connectivity index (χ1) is 14.0. The van der Waals surface area contributed by atoms with E-state index in [9.17, 15) is 9.18 Å². The highest BCUT2D eigenvalue weighted by Crippen LogP contribution is 2.39. The molecule has 3 aromatic rings. The standard InChI is InChI=1S/C21H17Cl2FN2O2S/c1-25-20(27)12-28-21-16(23)10-15(22)11-19(21)29-26-18-9-14(7-8-17(18)24)13-5-3-2-4-6-13/h2-11,26H,12H2,1H3,(H,25,27). The normalized spacial score (nSPS) is 10.5. The summed E-state index contributed by atoms with van der Waals surface area (Å²) in [6, 6.07) is 17.6. The van der Waals surface area contributed by atoms with Crippen molar-refractivity contribution in [3.63, 3.8) is 0 Å². The maximum atomic E-state index is 14.3. The SMILES string of the molecule is CNC(=O)COc1c(Cl)cc(Cl)cc1SNc1cc(-c2ccccc2)ccc1F. The zero-order valence-electron chi connectivity index (χ0n) is 15.3. The maximum absolute atomic E-state index is 14.3. The zero-order chi connectivity index (χ0) is 20.8. The van der Waals surface area contributed by atoms with Gasteiger partial charge in [-0.25, -0.2) is 4.39 Å². The molecule has 0 saturated carbocycles. The molecule has 150 valence electrons. The number of hydrogen-bond acceptors (Lipinski definition) is 4. The Morgan fingerprint density at radius 1 is 1.07 bits per heavy atom. The Bertz CT molecular complexity index is 1020. The number of benzene rings is 3. The Morgan fingerprint density at radius 3 is 2.55 bits per heavy atom. The third kappa shape index (κ3) is 5.56. The van der Waals surface area contributed by atoms with Crippen LogP contribution in [0.1, 0.15) is 0 Å². The molecule has 8 heteroatoms. The highest BCUT2D eigenvalue weighted by Gasteiger charge is 2.14. The van der Waals surface area contributed by atoms with E-state index in [0.29, 0.717) is 15.6 Å². The van der Waals surface area contributed by atoms with Gasteiger partial charge in [0, 0.05) is 12.1 Å². The van der Waals surface area contributed by atoms with E-state index in [4.69, 9.17) is 27.9 Å². The van der Waals surface area contributed by atoms with Crippen LogP contribution in [0.2, 0.25) is 10.0 Å². The van der Waals surface area contributed by atoms with Gasteiger partial charge in [-0.2, -0.15) is 0 Å². The second-order valence-corrected chi connectivity index (χ2v) is 7.63. The molecular formula is C21H17Cl2FN2O2S. The number of carbonyl (C=O) groups excluding carboxylic acids is 1. The Morgan fingerprint density at radius 2 is 1.83 bits per heavy atom. The molecule has 0 aliphatic heterocycles. The molecule has 0 atom stereocenters. The topological polar surface area (TPSA) is 50.4 Å². The molecule has 0 aromatic heterocycles. The molecule has 3 rings (SSSR count). The lowest BCUT2D eigenvalue weighted by molar-refractivity contribution is -0.122. The van der Waals surface area contributed by atoms with Gasteiger partial charge in [0.2, 0.25) is 0 Å². The van der Waals surface area contributed by atoms with E-state index in [1.807, 2.05) is 30.3 Å². The third-order valence-electron chi connectivity index (χ3n) is 3.95. The van der Waals surface area contributed by atoms with Crippen LogP contribution in [-0.4, -0.2) is 19.6 Å². The van der Waals surface area contributed by atoms with Gasteiger partial charge in [0.15, 0.2) is 12.4 Å². The van der Waals surface area contributed by atoms with Gasteiger partial charge < -0.3 is 14.8 Å². The minimum absolute atomic E-state index is 0.205. The number of likely N-dealkylation sites (N-methyl/N-ethyl adjacent to an activating group) is 1. The number of carbonyl (C=O) groups is 1. The van der Waals surface area contributed by atoms with Crippen LogP contribution in [0.3, 0.4) is 0 Å². The average molecular weight is 451 g/mol. The Kier molecular flexibility index (Phi) is 7.25. The fourth-order valence-corrected chi connectivity index (χ4v) is 3.98. The Balaban J connectivity index is 1.83. The first-order valence-electron chi connectivity index (χ1n) is 8.58. The average Bonchev–Trinajstić information content (AvgIpc) is 2.72. The molecule has 0 aliphatic carbocycles. The number of ether oxygens (including phenoxy) is 1. The summed E-state index contributed by atoms with van der Waals surface area (Å²) in [6.45, 7) is -0.205. The van der Waals surface area contributed by atoms with Gasteiger partial charge in [0.25, 0.3) is 5.91 Å². The fourth-order valence-electron chi connectivity index (χ4n) is 2.49. The van der Waals surface area contributed by atoms with Gasteiger partial charge in [-0.15, -0.1) is 0 Å². The van der Waals surface area contributed by atoms with Crippen molar-refractivity contribution in [2.75, 3.05) is 18.4 Å². The first-order valence-corrected chi connectivity index (χ1v) is 10.2. The van der Waals surface area contributed by atoms with Gasteiger partial charge in [0.1, 0.15) is 5.82 Å². The molecule has 0 fully saturated rings. The van der Waals surface area contributed by atoms with Crippen molar-refractivity contribution in [1.82, 2.24) is 5.32 Å². The van der Waals surface area contributed by atoms with Crippen molar-refractivity contribution < 1.29 is 13.9 Å². The van der Waals surface area contributed by atoms with Gasteiger partial charge in [-0.05, 0) is 47.3 Å². The number of hydrogen-bond donors (Lipinski definition) is 2. The van der Waals surface area contributed by atoms with Gasteiger partial charge in [-0.1, -0.05) is 59.6 Å². The molecule has 4 nitrogen and oxygen atoms in total. The third-order valence-corrected chi connectivity index (χ3v) is 5.29. The van der Waals surface area contributed by atoms with E-state index in [0.717, 1.165) is 23.1 Å². The van der Waals surface area contributed by atoms with Crippen LogP contribution < -0.4 is 14.8 Å². The second kappa shape index (κ2) is 9.87. The maximum Gasteiger partial charge on any atom is 0.257 e. The van der Waals surface area contributed by atoms with Crippen molar-refractivity contribution >= 4 is 46.7 Å². The summed E-state index contributed by atoms with van der Waals surface area (Å²) >= 11 is 13.4. The summed E-state index contributed by atoms with van der Waals surface area (Å²) < 4.78 is 22.8. The van der Waals surface area contributed by atoms with Crippen LogP contribution in [0, 0.1) is 5.82 Å². The van der Waals surface area contributed by atoms with Gasteiger partial charge in [-0.3, -0.25) is 4.79 Å². The molecule has 0 radical (unpaired) electrons. The van der Waals surface area contributed by atoms with E-state index in [1.165, 1.54) is 19.2 Å². The van der Waals surface area contributed by atoms with Crippen LogP contribution in [0.4, 0.5) is 10.1 Å². The van der Waals surface area contributed by atoms with Crippen LogP contribution >= 0.6 is 35.1 Å². The number of rotatable bonds is 7. The van der Waals surface area contributed by atoms with Gasteiger partial charge in [0.05, 0.1) is 15.6 Å². The summed E-state index contributed by atoms with van der Waals surface area (Å²) in [6.07, 6.45) is 0. The van der Waals surface area contributed by atoms with Crippen LogP contribution in [0.25, 0.3) is 11.1 Å². The zero-order valence-corrected chi connectivity index (χ0v) is 17.7. The molecule has 29 heavy (non-hydrogen) atoms. The van der Waals surface area contributed by atoms with Crippen molar-refractivity contribution in [3.05, 3.63) is 76.5 Å². The molecule has 0 bridgehead atoms. The molecule has 3 aromatic carbocycles. The summed E-state index contributed by atoms with van der Waals surface area (Å²) in [7, 11) is 1.51. The number of amides is 1. The minimum Gasteiger partial charge on any atom is -0.481 e. The first kappa shape index (κ1) is 21.3. The summed E-state index contributed by atoms with van der Waals surface area (Å²) in [5.74, 6) is -0.420. The predicted molar refractivity (Wildman–Crippen MR) is 117 cm³/mol. The highest BCUT2D eigenvalue weighted by molar-refractivity contribution is 8.00. The van der Waals surface area contributed by atoms with E-state index < -0.39 is 5.82 Å². The van der Waals surface area contributed by atoms with Gasteiger partial charge >= 0.3 is 0 Å². The molecule has 0 aliphatic rings.